The Bertz CT molecular complexity index is 648. The summed E-state index contributed by atoms with van der Waals surface area (Å²) in [5.74, 6) is 0.679. The first kappa shape index (κ1) is 20.2. The van der Waals surface area contributed by atoms with Gasteiger partial charge in [0.2, 0.25) is 0 Å². The second-order valence-electron chi connectivity index (χ2n) is 7.12. The SMILES string of the molecule is C=C(C)/C(C)=C/Cc1ccc(C(C)/C(=C(/N)CN)C(C)C)cc1C. The molecule has 2 nitrogen and oxygen atoms in total. The van der Waals surface area contributed by atoms with Crippen molar-refractivity contribution in [2.45, 2.75) is 53.9 Å². The summed E-state index contributed by atoms with van der Waals surface area (Å²) in [5.41, 5.74) is 20.4. The monoisotopic (exact) mass is 326 g/mol. The molecule has 0 amide bonds. The van der Waals surface area contributed by atoms with Crippen molar-refractivity contribution >= 4 is 0 Å². The Hall–Kier alpha value is -1.80. The molecule has 132 valence electrons. The highest BCUT2D eigenvalue weighted by Crippen LogP contribution is 2.31. The van der Waals surface area contributed by atoms with Crippen molar-refractivity contribution in [2.75, 3.05) is 6.54 Å². The van der Waals surface area contributed by atoms with Crippen LogP contribution < -0.4 is 11.5 Å². The van der Waals surface area contributed by atoms with E-state index in [0.717, 1.165) is 17.7 Å². The van der Waals surface area contributed by atoms with Gasteiger partial charge in [0.1, 0.15) is 0 Å². The van der Waals surface area contributed by atoms with E-state index in [1.807, 2.05) is 6.92 Å². The molecule has 1 aromatic carbocycles. The average molecular weight is 327 g/mol. The van der Waals surface area contributed by atoms with Gasteiger partial charge in [-0.3, -0.25) is 0 Å². The van der Waals surface area contributed by atoms with Crippen LogP contribution in [-0.4, -0.2) is 6.54 Å². The number of benzene rings is 1. The lowest BCUT2D eigenvalue weighted by molar-refractivity contribution is 0.663. The summed E-state index contributed by atoms with van der Waals surface area (Å²) in [5, 5.41) is 0. The molecule has 0 radical (unpaired) electrons. The van der Waals surface area contributed by atoms with Gasteiger partial charge in [0, 0.05) is 18.2 Å². The molecule has 1 aromatic rings. The van der Waals surface area contributed by atoms with Gasteiger partial charge >= 0.3 is 0 Å². The van der Waals surface area contributed by atoms with E-state index < -0.39 is 0 Å². The minimum Gasteiger partial charge on any atom is -0.401 e. The summed E-state index contributed by atoms with van der Waals surface area (Å²) in [7, 11) is 0. The topological polar surface area (TPSA) is 52.0 Å². The van der Waals surface area contributed by atoms with E-state index in [2.05, 4.69) is 65.5 Å². The van der Waals surface area contributed by atoms with Gasteiger partial charge in [-0.25, -0.2) is 0 Å². The molecule has 0 fully saturated rings. The first-order valence-corrected chi connectivity index (χ1v) is 8.79. The third-order valence-corrected chi connectivity index (χ3v) is 4.85. The molecule has 0 aliphatic heterocycles. The number of nitrogens with two attached hydrogens (primary N) is 2. The number of allylic oxidation sites excluding steroid dienone is 4. The van der Waals surface area contributed by atoms with Gasteiger partial charge in [0.25, 0.3) is 0 Å². The first-order valence-electron chi connectivity index (χ1n) is 8.79. The van der Waals surface area contributed by atoms with Crippen molar-refractivity contribution in [3.05, 3.63) is 70.0 Å². The van der Waals surface area contributed by atoms with E-state index in [0.29, 0.717) is 12.5 Å². The highest BCUT2D eigenvalue weighted by Gasteiger charge is 2.18. The Labute approximate surface area is 148 Å². The summed E-state index contributed by atoms with van der Waals surface area (Å²) >= 11 is 0. The maximum atomic E-state index is 6.17. The minimum atomic E-state index is 0.286. The van der Waals surface area contributed by atoms with Crippen LogP contribution in [0.4, 0.5) is 0 Å². The zero-order valence-corrected chi connectivity index (χ0v) is 16.2. The van der Waals surface area contributed by atoms with Crippen molar-refractivity contribution in [2.24, 2.45) is 17.4 Å². The van der Waals surface area contributed by atoms with E-state index >= 15 is 0 Å². The standard InChI is InChI=1S/C22H34N2/c1-14(2)16(5)8-9-19-10-11-20(12-17(19)6)18(7)22(15(3)4)21(24)13-23/h8,10-12,15,18H,1,9,13,23-24H2,2-7H3/b16-8+,22-21+. The van der Waals surface area contributed by atoms with Crippen LogP contribution in [0.25, 0.3) is 0 Å². The van der Waals surface area contributed by atoms with E-state index in [4.69, 9.17) is 11.5 Å². The van der Waals surface area contributed by atoms with Gasteiger partial charge in [-0.15, -0.1) is 0 Å². The van der Waals surface area contributed by atoms with Crippen LogP contribution >= 0.6 is 0 Å². The molecule has 0 aromatic heterocycles. The molecule has 1 atom stereocenters. The summed E-state index contributed by atoms with van der Waals surface area (Å²) in [4.78, 5) is 0. The van der Waals surface area contributed by atoms with Gasteiger partial charge in [0.15, 0.2) is 0 Å². The Morgan fingerprint density at radius 2 is 1.83 bits per heavy atom. The van der Waals surface area contributed by atoms with Gasteiger partial charge in [-0.1, -0.05) is 62.8 Å². The lowest BCUT2D eigenvalue weighted by Gasteiger charge is -2.23. The van der Waals surface area contributed by atoms with Crippen molar-refractivity contribution in [1.82, 2.24) is 0 Å². The van der Waals surface area contributed by atoms with E-state index in [9.17, 15) is 0 Å². The van der Waals surface area contributed by atoms with Gasteiger partial charge < -0.3 is 11.5 Å². The quantitative estimate of drug-likeness (QED) is 0.693. The van der Waals surface area contributed by atoms with E-state index in [1.165, 1.54) is 27.8 Å². The smallest absolute Gasteiger partial charge is 0.0326 e. The average Bonchev–Trinajstić information content (AvgIpc) is 2.52. The maximum absolute atomic E-state index is 6.17. The highest BCUT2D eigenvalue weighted by molar-refractivity contribution is 5.39. The lowest BCUT2D eigenvalue weighted by atomic mass is 9.83. The molecule has 0 aliphatic carbocycles. The molecule has 1 rings (SSSR count). The lowest BCUT2D eigenvalue weighted by Crippen LogP contribution is -2.19. The molecule has 0 spiro atoms. The molecule has 24 heavy (non-hydrogen) atoms. The van der Waals surface area contributed by atoms with Crippen LogP contribution in [0.5, 0.6) is 0 Å². The van der Waals surface area contributed by atoms with Crippen LogP contribution in [-0.2, 0) is 6.42 Å². The largest absolute Gasteiger partial charge is 0.401 e. The molecule has 0 heterocycles. The molecule has 0 bridgehead atoms. The molecule has 0 aliphatic rings. The van der Waals surface area contributed by atoms with E-state index in [-0.39, 0.29) is 5.92 Å². The predicted molar refractivity (Wildman–Crippen MR) is 107 cm³/mol. The summed E-state index contributed by atoms with van der Waals surface area (Å²) in [6.45, 7) is 17.3. The number of hydrogen-bond donors (Lipinski definition) is 2. The Morgan fingerprint density at radius 1 is 1.21 bits per heavy atom. The fourth-order valence-corrected chi connectivity index (χ4v) is 3.10. The van der Waals surface area contributed by atoms with Crippen LogP contribution in [0.2, 0.25) is 0 Å². The van der Waals surface area contributed by atoms with Gasteiger partial charge in [0.05, 0.1) is 0 Å². The summed E-state index contributed by atoms with van der Waals surface area (Å²) in [6.07, 6.45) is 3.19. The number of aryl methyl sites for hydroxylation is 1. The second-order valence-corrected chi connectivity index (χ2v) is 7.12. The highest BCUT2D eigenvalue weighted by atomic mass is 14.7. The normalized spacial score (nSPS) is 14.6. The summed E-state index contributed by atoms with van der Waals surface area (Å²) < 4.78 is 0. The van der Waals surface area contributed by atoms with Crippen molar-refractivity contribution in [3.8, 4) is 0 Å². The number of hydrogen-bond acceptors (Lipinski definition) is 2. The molecular weight excluding hydrogens is 292 g/mol. The zero-order valence-electron chi connectivity index (χ0n) is 16.2. The van der Waals surface area contributed by atoms with Gasteiger partial charge in [-0.2, -0.15) is 0 Å². The fraction of sp³-hybridized carbons (Fsp3) is 0.455. The third-order valence-electron chi connectivity index (χ3n) is 4.85. The van der Waals surface area contributed by atoms with Crippen LogP contribution in [0.3, 0.4) is 0 Å². The first-order chi connectivity index (χ1) is 11.2. The van der Waals surface area contributed by atoms with Crippen LogP contribution in [0, 0.1) is 12.8 Å². The van der Waals surface area contributed by atoms with Crippen LogP contribution in [0.1, 0.15) is 57.2 Å². The maximum Gasteiger partial charge on any atom is 0.0326 e. The number of rotatable bonds is 7. The Kier molecular flexibility index (Phi) is 7.50. The second kappa shape index (κ2) is 8.89. The van der Waals surface area contributed by atoms with Crippen LogP contribution in [0.15, 0.2) is 53.3 Å². The molecular formula is C22H34N2. The molecule has 2 heteroatoms. The van der Waals surface area contributed by atoms with Gasteiger partial charge in [-0.05, 0) is 55.4 Å². The fourth-order valence-electron chi connectivity index (χ4n) is 3.10. The van der Waals surface area contributed by atoms with E-state index in [1.54, 1.807) is 0 Å². The molecule has 4 N–H and O–H groups in total. The molecule has 1 unspecified atom stereocenters. The van der Waals surface area contributed by atoms with Crippen molar-refractivity contribution < 1.29 is 0 Å². The zero-order chi connectivity index (χ0) is 18.4. The third kappa shape index (κ3) is 5.10. The Morgan fingerprint density at radius 3 is 2.29 bits per heavy atom. The minimum absolute atomic E-state index is 0.286. The molecule has 0 saturated heterocycles. The van der Waals surface area contributed by atoms with Crippen molar-refractivity contribution in [3.63, 3.8) is 0 Å². The predicted octanol–water partition coefficient (Wildman–Crippen LogP) is 4.99. The summed E-state index contributed by atoms with van der Waals surface area (Å²) in [6, 6.07) is 6.75. The Balaban J connectivity index is 3.10. The molecule has 0 saturated carbocycles. The van der Waals surface area contributed by atoms with Crippen molar-refractivity contribution in [1.29, 1.82) is 0 Å².